The van der Waals surface area contributed by atoms with Gasteiger partial charge in [0.1, 0.15) is 11.9 Å². The van der Waals surface area contributed by atoms with Crippen molar-refractivity contribution in [1.29, 1.82) is 5.26 Å². The molecule has 2 aromatic rings. The van der Waals surface area contributed by atoms with Gasteiger partial charge in [0, 0.05) is 30.6 Å². The van der Waals surface area contributed by atoms with Crippen molar-refractivity contribution in [2.75, 3.05) is 25.7 Å². The summed E-state index contributed by atoms with van der Waals surface area (Å²) in [6.07, 6.45) is 11.4. The summed E-state index contributed by atoms with van der Waals surface area (Å²) >= 11 is 0. The molecule has 1 N–H and O–H groups in total. The van der Waals surface area contributed by atoms with Crippen LogP contribution in [0.5, 0.6) is 0 Å². The van der Waals surface area contributed by atoms with E-state index in [1.165, 1.54) is 31.4 Å². The Morgan fingerprint density at radius 1 is 1.26 bits per heavy atom. The van der Waals surface area contributed by atoms with Crippen molar-refractivity contribution in [3.05, 3.63) is 89.7 Å². The normalized spacial score (nSPS) is 15.9. The van der Waals surface area contributed by atoms with Gasteiger partial charge >= 0.3 is 5.97 Å². The Bertz CT molecular complexity index is 1290. The molecular formula is C28H27F2N5O3. The molecule has 1 aromatic carbocycles. The molecule has 0 fully saturated rings. The topological polar surface area (TPSA) is 108 Å². The standard InChI is InChI=1S/C27H24FN5O3.CH3F/c1-36-26(35)24(32-25(34)22-12-2-3-13-23(22)28)15-14-20-8-4-10-21(11-5-9-20)33(19-6-16-29)27-30-17-7-18-31-27;1-2/h2-4,7,10-14,17-18,24H,6,8,15,19H2,1H3,(H,32,34);1H3/b10-4-,20-14+,21-11+;. The van der Waals surface area contributed by atoms with E-state index in [2.05, 4.69) is 33.2 Å². The van der Waals surface area contributed by atoms with E-state index in [1.807, 2.05) is 17.1 Å². The van der Waals surface area contributed by atoms with Gasteiger partial charge in [-0.25, -0.2) is 19.2 Å². The van der Waals surface area contributed by atoms with Crippen LogP contribution in [0.2, 0.25) is 0 Å². The third-order valence-corrected chi connectivity index (χ3v) is 5.14. The van der Waals surface area contributed by atoms with Crippen LogP contribution in [0.1, 0.15) is 29.6 Å². The SMILES string of the molecule is CF.COC(=O)C(C/C=C1/C#C/C=C(N(CCC#N)c2ncccn2)\C=C/C1)NC(=O)c1ccccc1F. The molecule has 0 aliphatic heterocycles. The van der Waals surface area contributed by atoms with E-state index in [0.717, 1.165) is 11.3 Å². The number of hydrogen-bond donors (Lipinski definition) is 1. The van der Waals surface area contributed by atoms with Crippen molar-refractivity contribution >= 4 is 17.8 Å². The first-order valence-electron chi connectivity index (χ1n) is 11.5. The van der Waals surface area contributed by atoms with Crippen LogP contribution in [-0.2, 0) is 9.53 Å². The largest absolute Gasteiger partial charge is 0.467 e. The number of nitrogens with zero attached hydrogens (tertiary/aromatic N) is 4. The Morgan fingerprint density at radius 2 is 2.00 bits per heavy atom. The Hall–Kier alpha value is -4.83. The number of carbonyl (C=O) groups excluding carboxylic acids is 2. The molecule has 10 heteroatoms. The van der Waals surface area contributed by atoms with E-state index >= 15 is 0 Å². The zero-order valence-corrected chi connectivity index (χ0v) is 21.0. The zero-order valence-electron chi connectivity index (χ0n) is 21.0. The van der Waals surface area contributed by atoms with Crippen molar-refractivity contribution in [1.82, 2.24) is 15.3 Å². The summed E-state index contributed by atoms with van der Waals surface area (Å²) in [6, 6.07) is 8.37. The second-order valence-electron chi connectivity index (χ2n) is 7.55. The van der Waals surface area contributed by atoms with Gasteiger partial charge in [0.2, 0.25) is 5.95 Å². The number of nitriles is 1. The second-order valence-corrected chi connectivity index (χ2v) is 7.55. The number of aromatic nitrogens is 2. The molecule has 196 valence electrons. The van der Waals surface area contributed by atoms with Crippen LogP contribution in [0.15, 0.2) is 78.3 Å². The molecule has 0 saturated carbocycles. The highest BCUT2D eigenvalue weighted by molar-refractivity contribution is 5.97. The van der Waals surface area contributed by atoms with Gasteiger partial charge in [-0.1, -0.05) is 36.1 Å². The van der Waals surface area contributed by atoms with Crippen LogP contribution >= 0.6 is 0 Å². The number of ether oxygens (including phenoxy) is 1. The molecule has 3 rings (SSSR count). The van der Waals surface area contributed by atoms with Crippen LogP contribution in [0.4, 0.5) is 14.7 Å². The summed E-state index contributed by atoms with van der Waals surface area (Å²) in [5.74, 6) is 4.46. The molecule has 1 aliphatic rings. The molecule has 1 aliphatic carbocycles. The highest BCUT2D eigenvalue weighted by Crippen LogP contribution is 2.18. The van der Waals surface area contributed by atoms with Gasteiger partial charge in [-0.2, -0.15) is 5.26 Å². The van der Waals surface area contributed by atoms with Crippen LogP contribution in [0, 0.1) is 29.0 Å². The molecule has 1 unspecified atom stereocenters. The maximum Gasteiger partial charge on any atom is 0.328 e. The van der Waals surface area contributed by atoms with E-state index in [0.29, 0.717) is 26.1 Å². The van der Waals surface area contributed by atoms with Crippen LogP contribution in [0.3, 0.4) is 0 Å². The number of benzene rings is 1. The maximum absolute atomic E-state index is 14.0. The van der Waals surface area contributed by atoms with Gasteiger partial charge in [0.25, 0.3) is 5.91 Å². The number of halogens is 2. The average Bonchev–Trinajstić information content (AvgIpc) is 2.94. The van der Waals surface area contributed by atoms with E-state index in [-0.39, 0.29) is 18.4 Å². The number of nitrogens with one attached hydrogen (secondary N) is 1. The third kappa shape index (κ3) is 8.68. The van der Waals surface area contributed by atoms with Gasteiger partial charge in [0.15, 0.2) is 0 Å². The number of anilines is 1. The fourth-order valence-electron chi connectivity index (χ4n) is 3.35. The van der Waals surface area contributed by atoms with Crippen LogP contribution in [0.25, 0.3) is 0 Å². The molecule has 0 saturated heterocycles. The summed E-state index contributed by atoms with van der Waals surface area (Å²) in [4.78, 5) is 35.1. The van der Waals surface area contributed by atoms with Crippen molar-refractivity contribution in [3.8, 4) is 17.9 Å². The summed E-state index contributed by atoms with van der Waals surface area (Å²) in [5.41, 5.74) is 1.32. The average molecular weight is 520 g/mol. The summed E-state index contributed by atoms with van der Waals surface area (Å²) < 4.78 is 28.3. The molecule has 0 radical (unpaired) electrons. The van der Waals surface area contributed by atoms with E-state index in [9.17, 15) is 18.4 Å². The molecule has 1 heterocycles. The second kappa shape index (κ2) is 16.0. The smallest absolute Gasteiger partial charge is 0.328 e. The number of allylic oxidation sites excluding steroid dienone is 4. The summed E-state index contributed by atoms with van der Waals surface area (Å²) in [5, 5.41) is 11.6. The Kier molecular flexibility index (Phi) is 12.4. The van der Waals surface area contributed by atoms with E-state index in [4.69, 9.17) is 10.00 Å². The molecule has 1 amide bonds. The predicted octanol–water partition coefficient (Wildman–Crippen LogP) is 4.06. The summed E-state index contributed by atoms with van der Waals surface area (Å²) in [7, 11) is 1.72. The van der Waals surface area contributed by atoms with Gasteiger partial charge in [-0.05, 0) is 37.1 Å². The van der Waals surface area contributed by atoms with Crippen LogP contribution < -0.4 is 10.2 Å². The number of rotatable bonds is 9. The number of amides is 1. The van der Waals surface area contributed by atoms with Crippen LogP contribution in [-0.4, -0.2) is 48.7 Å². The van der Waals surface area contributed by atoms with Gasteiger partial charge in [0.05, 0.1) is 38.0 Å². The minimum absolute atomic E-state index is 0.118. The number of esters is 1. The Balaban J connectivity index is 0.00000247. The lowest BCUT2D eigenvalue weighted by Gasteiger charge is -2.22. The van der Waals surface area contributed by atoms with Crippen molar-refractivity contribution < 1.29 is 23.1 Å². The van der Waals surface area contributed by atoms with Crippen molar-refractivity contribution in [2.24, 2.45) is 0 Å². The van der Waals surface area contributed by atoms with Crippen molar-refractivity contribution in [2.45, 2.75) is 25.3 Å². The lowest BCUT2D eigenvalue weighted by Crippen LogP contribution is -2.41. The fraction of sp³-hybridized carbons (Fsp3) is 0.250. The first-order valence-corrected chi connectivity index (χ1v) is 11.5. The molecule has 1 atom stereocenters. The zero-order chi connectivity index (χ0) is 27.8. The molecule has 0 spiro atoms. The Morgan fingerprint density at radius 3 is 2.68 bits per heavy atom. The Labute approximate surface area is 220 Å². The molecule has 38 heavy (non-hydrogen) atoms. The monoisotopic (exact) mass is 519 g/mol. The minimum atomic E-state index is -1.01. The summed E-state index contributed by atoms with van der Waals surface area (Å²) in [6.45, 7) is 0.406. The van der Waals surface area contributed by atoms with Gasteiger partial charge in [-0.15, -0.1) is 0 Å². The minimum Gasteiger partial charge on any atom is -0.467 e. The van der Waals surface area contributed by atoms with Gasteiger partial charge < -0.3 is 15.0 Å². The lowest BCUT2D eigenvalue weighted by molar-refractivity contribution is -0.142. The number of methoxy groups -OCH3 is 1. The molecule has 0 bridgehead atoms. The first kappa shape index (κ1) is 29.4. The highest BCUT2D eigenvalue weighted by atomic mass is 19.1. The fourth-order valence-corrected chi connectivity index (χ4v) is 3.35. The van der Waals surface area contributed by atoms with E-state index in [1.54, 1.807) is 30.6 Å². The molecule has 1 aromatic heterocycles. The number of hydrogen-bond acceptors (Lipinski definition) is 7. The first-order chi connectivity index (χ1) is 18.5. The van der Waals surface area contributed by atoms with Gasteiger partial charge in [-0.3, -0.25) is 9.18 Å². The maximum atomic E-state index is 14.0. The highest BCUT2D eigenvalue weighted by Gasteiger charge is 2.22. The third-order valence-electron chi connectivity index (χ3n) is 5.14. The molecular weight excluding hydrogens is 492 g/mol. The number of carbonyl (C=O) groups is 2. The lowest BCUT2D eigenvalue weighted by atomic mass is 10.1. The van der Waals surface area contributed by atoms with E-state index < -0.39 is 23.7 Å². The number of alkyl halides is 1. The predicted molar refractivity (Wildman–Crippen MR) is 139 cm³/mol. The quantitative estimate of drug-likeness (QED) is 0.393. The molecule has 8 nitrogen and oxygen atoms in total. The van der Waals surface area contributed by atoms with Crippen molar-refractivity contribution in [3.63, 3.8) is 0 Å².